The van der Waals surface area contributed by atoms with Gasteiger partial charge >= 0.3 is 0 Å². The Morgan fingerprint density at radius 1 is 1.20 bits per heavy atom. The maximum Gasteiger partial charge on any atom is 0.274 e. The largest absolute Gasteiger partial charge is 0.454 e. The highest BCUT2D eigenvalue weighted by atomic mass is 16.7. The maximum atomic E-state index is 12.0. The molecule has 5 nitrogen and oxygen atoms in total. The lowest BCUT2D eigenvalue weighted by atomic mass is 10.0. The summed E-state index contributed by atoms with van der Waals surface area (Å²) in [6.07, 6.45) is 3.62. The van der Waals surface area contributed by atoms with E-state index in [-0.39, 0.29) is 12.4 Å². The van der Waals surface area contributed by atoms with Crippen LogP contribution in [-0.2, 0) is 7.05 Å². The van der Waals surface area contributed by atoms with Crippen molar-refractivity contribution in [1.29, 1.82) is 0 Å². The smallest absolute Gasteiger partial charge is 0.274 e. The highest BCUT2D eigenvalue weighted by molar-refractivity contribution is 5.94. The molecule has 0 spiro atoms. The molecule has 5 heteroatoms. The van der Waals surface area contributed by atoms with E-state index in [0.717, 1.165) is 28.0 Å². The van der Waals surface area contributed by atoms with Crippen molar-refractivity contribution in [3.63, 3.8) is 0 Å². The highest BCUT2D eigenvalue weighted by Crippen LogP contribution is 2.37. The van der Waals surface area contributed by atoms with Crippen molar-refractivity contribution in [3.05, 3.63) is 47.0 Å². The molecule has 0 saturated heterocycles. The van der Waals surface area contributed by atoms with Gasteiger partial charge < -0.3 is 19.0 Å². The summed E-state index contributed by atoms with van der Waals surface area (Å²) >= 11 is 0. The first-order valence-electron chi connectivity index (χ1n) is 6.31. The molecule has 1 aliphatic heterocycles. The lowest BCUT2D eigenvalue weighted by Gasteiger charge is -2.07. The van der Waals surface area contributed by atoms with Crippen LogP contribution < -0.4 is 15.0 Å². The molecule has 1 aliphatic rings. The molecule has 2 aromatic heterocycles. The Morgan fingerprint density at radius 2 is 2.05 bits per heavy atom. The normalized spacial score (nSPS) is 13.1. The Balaban J connectivity index is 2.01. The van der Waals surface area contributed by atoms with Gasteiger partial charge in [-0.3, -0.25) is 4.79 Å². The molecule has 1 aromatic carbocycles. The van der Waals surface area contributed by atoms with Crippen LogP contribution in [0.15, 0.2) is 41.5 Å². The molecule has 0 bridgehead atoms. The number of nitrogens with zero attached hydrogens (tertiary/aromatic N) is 1. The molecular weight excluding hydrogens is 256 g/mol. The number of benzene rings is 1. The second-order valence-electron chi connectivity index (χ2n) is 4.79. The van der Waals surface area contributed by atoms with E-state index in [0.29, 0.717) is 5.52 Å². The minimum atomic E-state index is -0.0329. The van der Waals surface area contributed by atoms with Crippen LogP contribution in [0.4, 0.5) is 0 Å². The summed E-state index contributed by atoms with van der Waals surface area (Å²) in [5, 5.41) is 0.909. The van der Waals surface area contributed by atoms with Gasteiger partial charge in [-0.05, 0) is 23.8 Å². The van der Waals surface area contributed by atoms with E-state index < -0.39 is 0 Å². The SMILES string of the molecule is Cn1cc(-c2ccc3c(c2)OCO3)c2cc[nH]c2c1=O. The predicted molar refractivity (Wildman–Crippen MR) is 75.1 cm³/mol. The fourth-order valence-electron chi connectivity index (χ4n) is 2.56. The van der Waals surface area contributed by atoms with Gasteiger partial charge in [-0.1, -0.05) is 6.07 Å². The van der Waals surface area contributed by atoms with Crippen LogP contribution in [0.25, 0.3) is 22.0 Å². The zero-order valence-corrected chi connectivity index (χ0v) is 10.8. The second-order valence-corrected chi connectivity index (χ2v) is 4.79. The van der Waals surface area contributed by atoms with Crippen LogP contribution in [-0.4, -0.2) is 16.3 Å². The van der Waals surface area contributed by atoms with E-state index in [4.69, 9.17) is 9.47 Å². The molecule has 0 fully saturated rings. The first-order valence-corrected chi connectivity index (χ1v) is 6.31. The van der Waals surface area contributed by atoms with Gasteiger partial charge in [0.1, 0.15) is 5.52 Å². The third kappa shape index (κ3) is 1.46. The number of pyridine rings is 1. The van der Waals surface area contributed by atoms with Gasteiger partial charge in [-0.25, -0.2) is 0 Å². The summed E-state index contributed by atoms with van der Waals surface area (Å²) < 4.78 is 12.3. The van der Waals surface area contributed by atoms with Gasteiger partial charge in [-0.2, -0.15) is 0 Å². The number of aryl methyl sites for hydroxylation is 1. The van der Waals surface area contributed by atoms with Gasteiger partial charge in [-0.15, -0.1) is 0 Å². The van der Waals surface area contributed by atoms with Crippen molar-refractivity contribution in [2.24, 2.45) is 7.05 Å². The Kier molecular flexibility index (Phi) is 2.18. The molecule has 0 amide bonds. The third-order valence-electron chi connectivity index (χ3n) is 3.58. The van der Waals surface area contributed by atoms with E-state index in [1.165, 1.54) is 0 Å². The van der Waals surface area contributed by atoms with Crippen LogP contribution in [0.2, 0.25) is 0 Å². The van der Waals surface area contributed by atoms with Gasteiger partial charge in [0.05, 0.1) is 0 Å². The van der Waals surface area contributed by atoms with Crippen molar-refractivity contribution in [1.82, 2.24) is 9.55 Å². The molecule has 0 aliphatic carbocycles. The monoisotopic (exact) mass is 268 g/mol. The number of nitrogens with one attached hydrogen (secondary N) is 1. The van der Waals surface area contributed by atoms with E-state index in [9.17, 15) is 4.79 Å². The topological polar surface area (TPSA) is 56.2 Å². The summed E-state index contributed by atoms with van der Waals surface area (Å²) in [6, 6.07) is 7.71. The summed E-state index contributed by atoms with van der Waals surface area (Å²) in [6.45, 7) is 0.256. The number of H-pyrrole nitrogens is 1. The van der Waals surface area contributed by atoms with E-state index >= 15 is 0 Å². The molecule has 0 atom stereocenters. The first kappa shape index (κ1) is 11.2. The lowest BCUT2D eigenvalue weighted by molar-refractivity contribution is 0.174. The van der Waals surface area contributed by atoms with Crippen molar-refractivity contribution in [3.8, 4) is 22.6 Å². The van der Waals surface area contributed by atoms with Crippen molar-refractivity contribution >= 4 is 10.9 Å². The Bertz CT molecular complexity index is 876. The van der Waals surface area contributed by atoms with Gasteiger partial charge in [0, 0.05) is 30.4 Å². The Labute approximate surface area is 114 Å². The summed E-state index contributed by atoms with van der Waals surface area (Å²) in [5.74, 6) is 1.49. The molecule has 100 valence electrons. The zero-order chi connectivity index (χ0) is 13.7. The van der Waals surface area contributed by atoms with Crippen LogP contribution in [0.5, 0.6) is 11.5 Å². The number of ether oxygens (including phenoxy) is 2. The number of aromatic amines is 1. The number of hydrogen-bond donors (Lipinski definition) is 1. The van der Waals surface area contributed by atoms with Crippen molar-refractivity contribution < 1.29 is 9.47 Å². The molecular formula is C15H12N2O3. The zero-order valence-electron chi connectivity index (χ0n) is 10.8. The molecule has 20 heavy (non-hydrogen) atoms. The predicted octanol–water partition coefficient (Wildman–Crippen LogP) is 2.26. The van der Waals surface area contributed by atoms with Crippen LogP contribution in [0.1, 0.15) is 0 Å². The average molecular weight is 268 g/mol. The van der Waals surface area contributed by atoms with E-state index in [1.54, 1.807) is 17.8 Å². The van der Waals surface area contributed by atoms with Crippen LogP contribution >= 0.6 is 0 Å². The fraction of sp³-hybridized carbons (Fsp3) is 0.133. The van der Waals surface area contributed by atoms with Crippen LogP contribution in [0, 0.1) is 0 Å². The number of aromatic nitrogens is 2. The summed E-state index contributed by atoms with van der Waals surface area (Å²) in [5.41, 5.74) is 2.56. The molecule has 1 N–H and O–H groups in total. The van der Waals surface area contributed by atoms with Gasteiger partial charge in [0.2, 0.25) is 6.79 Å². The molecule has 3 heterocycles. The minimum Gasteiger partial charge on any atom is -0.454 e. The molecule has 4 rings (SSSR count). The minimum absolute atomic E-state index is 0.0329. The van der Waals surface area contributed by atoms with E-state index in [1.807, 2.05) is 30.5 Å². The van der Waals surface area contributed by atoms with Crippen molar-refractivity contribution in [2.75, 3.05) is 6.79 Å². The van der Waals surface area contributed by atoms with Crippen LogP contribution in [0.3, 0.4) is 0 Å². The quantitative estimate of drug-likeness (QED) is 0.736. The Morgan fingerprint density at radius 3 is 2.95 bits per heavy atom. The standard InChI is InChI=1S/C15H12N2O3/c1-17-7-11(10-4-5-16-14(10)15(17)18)9-2-3-12-13(6-9)20-8-19-12/h2-7,16H,8H2,1H3. The number of rotatable bonds is 1. The highest BCUT2D eigenvalue weighted by Gasteiger charge is 2.16. The Hall–Kier alpha value is -2.69. The fourth-order valence-corrected chi connectivity index (χ4v) is 2.56. The molecule has 0 radical (unpaired) electrons. The number of fused-ring (bicyclic) bond motifs is 2. The maximum absolute atomic E-state index is 12.0. The van der Waals surface area contributed by atoms with Crippen molar-refractivity contribution in [2.45, 2.75) is 0 Å². The molecule has 3 aromatic rings. The summed E-state index contributed by atoms with van der Waals surface area (Å²) in [4.78, 5) is 15.0. The van der Waals surface area contributed by atoms with E-state index in [2.05, 4.69) is 4.98 Å². The second kappa shape index (κ2) is 3.90. The molecule has 0 unspecified atom stereocenters. The lowest BCUT2D eigenvalue weighted by Crippen LogP contribution is -2.16. The van der Waals surface area contributed by atoms with Gasteiger partial charge in [0.15, 0.2) is 11.5 Å². The molecule has 0 saturated carbocycles. The van der Waals surface area contributed by atoms with Gasteiger partial charge in [0.25, 0.3) is 5.56 Å². The number of hydrogen-bond acceptors (Lipinski definition) is 3. The average Bonchev–Trinajstić information content (AvgIpc) is 3.10. The first-order chi connectivity index (χ1) is 9.74. The third-order valence-corrected chi connectivity index (χ3v) is 3.58. The summed E-state index contributed by atoms with van der Waals surface area (Å²) in [7, 11) is 1.75.